The lowest BCUT2D eigenvalue weighted by Crippen LogP contribution is -2.47. The monoisotopic (exact) mass is 267 g/mol. The summed E-state index contributed by atoms with van der Waals surface area (Å²) in [6.07, 6.45) is 12.5. The van der Waals surface area contributed by atoms with Gasteiger partial charge in [0.2, 0.25) is 5.91 Å². The number of nitrogens with one attached hydrogen (secondary N) is 1. The van der Waals surface area contributed by atoms with Crippen LogP contribution >= 0.6 is 0 Å². The number of piperidine rings is 1. The lowest BCUT2D eigenvalue weighted by molar-refractivity contribution is -0.121. The fraction of sp³-hybridized carbons (Fsp3) is 0.933. The number of likely N-dealkylation sites (tertiary alicyclic amines) is 1. The second-order valence-corrected chi connectivity index (χ2v) is 6.17. The third-order valence-electron chi connectivity index (χ3n) is 4.87. The number of nitrogens with two attached hydrogens (primary N) is 1. The van der Waals surface area contributed by atoms with Crippen molar-refractivity contribution in [3.8, 4) is 0 Å². The average Bonchev–Trinajstić information content (AvgIpc) is 2.46. The Morgan fingerprint density at radius 2 is 1.89 bits per heavy atom. The standard InChI is InChI=1S/C15H29N3O/c16-17-15(19)10-2-1-5-11-18-12-6-8-13-7-3-4-9-14(13)18/h13-14H,1-12,16H2,(H,17,19)/t13-,14-/m1/s1. The average molecular weight is 267 g/mol. The van der Waals surface area contributed by atoms with Crippen molar-refractivity contribution in [2.75, 3.05) is 13.1 Å². The van der Waals surface area contributed by atoms with Gasteiger partial charge in [-0.05, 0) is 57.5 Å². The lowest BCUT2D eigenvalue weighted by Gasteiger charge is -2.44. The summed E-state index contributed by atoms with van der Waals surface area (Å²) in [5.74, 6) is 6.01. The van der Waals surface area contributed by atoms with E-state index in [0.717, 1.165) is 24.8 Å². The Hall–Kier alpha value is -0.610. The smallest absolute Gasteiger partial charge is 0.233 e. The molecule has 1 amide bonds. The Morgan fingerprint density at radius 3 is 2.74 bits per heavy atom. The Labute approximate surface area is 117 Å². The first-order valence-electron chi connectivity index (χ1n) is 8.05. The van der Waals surface area contributed by atoms with Gasteiger partial charge in [-0.1, -0.05) is 19.3 Å². The van der Waals surface area contributed by atoms with E-state index >= 15 is 0 Å². The summed E-state index contributed by atoms with van der Waals surface area (Å²) in [5.41, 5.74) is 2.19. The molecule has 0 aromatic heterocycles. The van der Waals surface area contributed by atoms with E-state index in [1.165, 1.54) is 58.0 Å². The number of rotatable bonds is 6. The molecule has 4 heteroatoms. The molecule has 2 rings (SSSR count). The van der Waals surface area contributed by atoms with E-state index in [4.69, 9.17) is 5.84 Å². The van der Waals surface area contributed by atoms with Crippen LogP contribution in [0.25, 0.3) is 0 Å². The molecule has 0 spiro atoms. The molecular weight excluding hydrogens is 238 g/mol. The van der Waals surface area contributed by atoms with E-state index in [1.807, 2.05) is 0 Å². The SMILES string of the molecule is NNC(=O)CCCCCN1CCC[C@H]2CCCC[C@H]21. The van der Waals surface area contributed by atoms with Gasteiger partial charge in [-0.3, -0.25) is 10.2 Å². The van der Waals surface area contributed by atoms with Crippen LogP contribution < -0.4 is 11.3 Å². The molecule has 0 unspecified atom stereocenters. The molecular formula is C15H29N3O. The van der Waals surface area contributed by atoms with Gasteiger partial charge in [0.1, 0.15) is 0 Å². The summed E-state index contributed by atoms with van der Waals surface area (Å²) in [5, 5.41) is 0. The van der Waals surface area contributed by atoms with E-state index in [0.29, 0.717) is 6.42 Å². The van der Waals surface area contributed by atoms with E-state index in [1.54, 1.807) is 0 Å². The lowest BCUT2D eigenvalue weighted by atomic mass is 9.78. The summed E-state index contributed by atoms with van der Waals surface area (Å²) in [6, 6.07) is 0.870. The molecule has 1 saturated carbocycles. The summed E-state index contributed by atoms with van der Waals surface area (Å²) in [6.45, 7) is 2.52. The summed E-state index contributed by atoms with van der Waals surface area (Å²) < 4.78 is 0. The van der Waals surface area contributed by atoms with Crippen LogP contribution in [-0.4, -0.2) is 29.9 Å². The van der Waals surface area contributed by atoms with Gasteiger partial charge in [-0.2, -0.15) is 0 Å². The Balaban J connectivity index is 1.63. The first-order valence-corrected chi connectivity index (χ1v) is 8.05. The summed E-state index contributed by atoms with van der Waals surface area (Å²) >= 11 is 0. The van der Waals surface area contributed by atoms with E-state index in [-0.39, 0.29) is 5.91 Å². The number of carbonyl (C=O) groups excluding carboxylic acids is 1. The van der Waals surface area contributed by atoms with Crippen molar-refractivity contribution in [2.45, 2.75) is 70.3 Å². The zero-order chi connectivity index (χ0) is 13.5. The number of hydrazine groups is 1. The molecule has 19 heavy (non-hydrogen) atoms. The van der Waals surface area contributed by atoms with Crippen molar-refractivity contribution in [3.05, 3.63) is 0 Å². The number of hydrogen-bond donors (Lipinski definition) is 2. The quantitative estimate of drug-likeness (QED) is 0.336. The number of carbonyl (C=O) groups is 1. The molecule has 0 aromatic rings. The maximum absolute atomic E-state index is 11.0. The number of hydrogen-bond acceptors (Lipinski definition) is 3. The van der Waals surface area contributed by atoms with Gasteiger partial charge >= 0.3 is 0 Å². The van der Waals surface area contributed by atoms with Gasteiger partial charge in [-0.15, -0.1) is 0 Å². The summed E-state index contributed by atoms with van der Waals surface area (Å²) in [7, 11) is 0. The predicted octanol–water partition coefficient (Wildman–Crippen LogP) is 2.19. The summed E-state index contributed by atoms with van der Waals surface area (Å²) in [4.78, 5) is 13.8. The van der Waals surface area contributed by atoms with Crippen LogP contribution in [0.3, 0.4) is 0 Å². The van der Waals surface area contributed by atoms with Crippen molar-refractivity contribution >= 4 is 5.91 Å². The highest BCUT2D eigenvalue weighted by atomic mass is 16.2. The van der Waals surface area contributed by atoms with Crippen LogP contribution in [0.4, 0.5) is 0 Å². The highest BCUT2D eigenvalue weighted by molar-refractivity contribution is 5.74. The molecule has 3 N–H and O–H groups in total. The topological polar surface area (TPSA) is 58.4 Å². The minimum absolute atomic E-state index is 0.0367. The third-order valence-corrected chi connectivity index (χ3v) is 4.87. The first-order chi connectivity index (χ1) is 9.31. The van der Waals surface area contributed by atoms with Gasteiger partial charge in [0.25, 0.3) is 0 Å². The molecule has 1 heterocycles. The second-order valence-electron chi connectivity index (χ2n) is 6.17. The van der Waals surface area contributed by atoms with Gasteiger partial charge < -0.3 is 4.90 Å². The fourth-order valence-electron chi connectivity index (χ4n) is 3.85. The minimum atomic E-state index is -0.0367. The van der Waals surface area contributed by atoms with Crippen molar-refractivity contribution < 1.29 is 4.79 Å². The van der Waals surface area contributed by atoms with Crippen LogP contribution in [0.15, 0.2) is 0 Å². The fourth-order valence-corrected chi connectivity index (χ4v) is 3.85. The molecule has 2 fully saturated rings. The number of unbranched alkanes of at least 4 members (excludes halogenated alkanes) is 2. The Morgan fingerprint density at radius 1 is 1.11 bits per heavy atom. The molecule has 4 nitrogen and oxygen atoms in total. The first kappa shape index (κ1) is 14.8. The normalized spacial score (nSPS) is 27.8. The van der Waals surface area contributed by atoms with Gasteiger partial charge in [0.15, 0.2) is 0 Å². The van der Waals surface area contributed by atoms with Crippen molar-refractivity contribution in [1.29, 1.82) is 0 Å². The van der Waals surface area contributed by atoms with E-state index in [2.05, 4.69) is 10.3 Å². The van der Waals surface area contributed by atoms with Crippen molar-refractivity contribution in [2.24, 2.45) is 11.8 Å². The second kappa shape index (κ2) is 7.85. The molecule has 0 radical (unpaired) electrons. The number of nitrogens with zero attached hydrogens (tertiary/aromatic N) is 1. The highest BCUT2D eigenvalue weighted by Crippen LogP contribution is 2.35. The third kappa shape index (κ3) is 4.46. The molecule has 110 valence electrons. The van der Waals surface area contributed by atoms with E-state index in [9.17, 15) is 4.79 Å². The van der Waals surface area contributed by atoms with E-state index < -0.39 is 0 Å². The highest BCUT2D eigenvalue weighted by Gasteiger charge is 2.32. The minimum Gasteiger partial charge on any atom is -0.300 e. The Kier molecular flexibility index (Phi) is 6.11. The molecule has 1 saturated heterocycles. The molecule has 1 aliphatic heterocycles. The molecule has 2 aliphatic rings. The molecule has 2 atom stereocenters. The van der Waals surface area contributed by atoms with Crippen molar-refractivity contribution in [1.82, 2.24) is 10.3 Å². The van der Waals surface area contributed by atoms with Crippen LogP contribution in [0, 0.1) is 5.92 Å². The zero-order valence-corrected chi connectivity index (χ0v) is 12.1. The van der Waals surface area contributed by atoms with Crippen LogP contribution in [0.2, 0.25) is 0 Å². The number of amides is 1. The largest absolute Gasteiger partial charge is 0.300 e. The Bertz CT molecular complexity index is 281. The molecule has 1 aliphatic carbocycles. The maximum Gasteiger partial charge on any atom is 0.233 e. The van der Waals surface area contributed by atoms with Crippen LogP contribution in [-0.2, 0) is 4.79 Å². The number of fused-ring (bicyclic) bond motifs is 1. The van der Waals surface area contributed by atoms with Crippen LogP contribution in [0.5, 0.6) is 0 Å². The van der Waals surface area contributed by atoms with Gasteiger partial charge in [-0.25, -0.2) is 5.84 Å². The molecule has 0 bridgehead atoms. The van der Waals surface area contributed by atoms with Gasteiger partial charge in [0.05, 0.1) is 0 Å². The van der Waals surface area contributed by atoms with Crippen LogP contribution in [0.1, 0.15) is 64.2 Å². The van der Waals surface area contributed by atoms with Crippen molar-refractivity contribution in [3.63, 3.8) is 0 Å². The predicted molar refractivity (Wildman–Crippen MR) is 77.4 cm³/mol. The van der Waals surface area contributed by atoms with Gasteiger partial charge in [0, 0.05) is 12.5 Å². The zero-order valence-electron chi connectivity index (χ0n) is 12.1. The molecule has 0 aromatic carbocycles. The maximum atomic E-state index is 11.0.